The van der Waals surface area contributed by atoms with Crippen LogP contribution < -0.4 is 0 Å². The zero-order valence-corrected chi connectivity index (χ0v) is 16.3. The van der Waals surface area contributed by atoms with Gasteiger partial charge >= 0.3 is 11.9 Å². The van der Waals surface area contributed by atoms with Crippen molar-refractivity contribution < 1.29 is 55.2 Å². The summed E-state index contributed by atoms with van der Waals surface area (Å²) in [5.74, 6) is -14.9. The van der Waals surface area contributed by atoms with Crippen LogP contribution in [0.25, 0.3) is 0 Å². The minimum absolute atomic E-state index is 1.55. The van der Waals surface area contributed by atoms with Crippen LogP contribution in [0, 0.1) is 0 Å². The number of hydrogen-bond donors (Lipinski definition) is 8. The lowest BCUT2D eigenvalue weighted by atomic mass is 9.50. The highest BCUT2D eigenvalue weighted by Crippen LogP contribution is 2.74. The number of cyclic esters (lactones) is 2. The summed E-state index contributed by atoms with van der Waals surface area (Å²) in [7, 11) is 0. The van der Waals surface area contributed by atoms with E-state index < -0.39 is 94.5 Å². The predicted octanol–water partition coefficient (Wildman–Crippen LogP) is -3.47. The van der Waals surface area contributed by atoms with E-state index in [2.05, 4.69) is 13.8 Å². The van der Waals surface area contributed by atoms with Crippen LogP contribution in [0.15, 0.2) is 11.5 Å². The van der Waals surface area contributed by atoms with Gasteiger partial charge in [0.15, 0.2) is 18.4 Å². The smallest absolute Gasteiger partial charge is 0.335 e. The first-order valence-corrected chi connectivity index (χ1v) is 11.5. The molecule has 1 heterocycles. The van der Waals surface area contributed by atoms with Crippen molar-refractivity contribution in [2.45, 2.75) is 29.6 Å². The number of halogens is 2. The Morgan fingerprint density at radius 3 is 1.24 bits per heavy atom. The summed E-state index contributed by atoms with van der Waals surface area (Å²) in [5, 5.41) is 83.3. The summed E-state index contributed by atoms with van der Waals surface area (Å²) in [6.45, 7) is 0. The molecule has 4 rings (SSSR count). The molecule has 1 saturated heterocycles. The Hall–Kier alpha value is -0.560. The summed E-state index contributed by atoms with van der Waals surface area (Å²) in [5.41, 5.74) is -7.40. The van der Waals surface area contributed by atoms with Crippen LogP contribution in [0.3, 0.4) is 0 Å². The molecule has 140 valence electrons. The maximum atomic E-state index is 12.5. The Morgan fingerprint density at radius 1 is 0.720 bits per heavy atom. The van der Waals surface area contributed by atoms with Crippen LogP contribution in [-0.2, 0) is 14.3 Å². The molecule has 0 amide bonds. The number of carbonyl (C=O) groups excluding carboxylic acids is 2. The van der Waals surface area contributed by atoms with Gasteiger partial charge in [0.2, 0.25) is 11.2 Å². The highest BCUT2D eigenvalue weighted by molar-refractivity contribution is 14.2. The molecule has 1 aliphatic heterocycles. The molecule has 1 saturated carbocycles. The molecule has 3 aliphatic carbocycles. The second kappa shape index (κ2) is 4.64. The quantitative estimate of drug-likeness (QED) is 0.0525. The number of carbonyl (C=O) groups is 2. The zero-order chi connectivity index (χ0) is 19.4. The fourth-order valence-electron chi connectivity index (χ4n) is 3.77. The Balaban J connectivity index is 2.71. The molecular weight excluding hydrogens is 574 g/mol. The number of esters is 2. The Bertz CT molecular complexity index is 739. The second-order valence-corrected chi connectivity index (χ2v) is 10.5. The van der Waals surface area contributed by atoms with Crippen molar-refractivity contribution in [2.24, 2.45) is 0 Å². The van der Waals surface area contributed by atoms with Crippen molar-refractivity contribution in [1.82, 2.24) is 0 Å². The van der Waals surface area contributed by atoms with Gasteiger partial charge in [-0.15, -0.1) is 41.5 Å². The van der Waals surface area contributed by atoms with E-state index >= 15 is 0 Å². The summed E-state index contributed by atoms with van der Waals surface area (Å²) in [6.07, 6.45) is 0. The first-order chi connectivity index (χ1) is 11.2. The molecule has 2 fully saturated rings. The molecule has 0 aromatic rings. The Labute approximate surface area is 158 Å². The molecule has 8 N–H and O–H groups in total. The van der Waals surface area contributed by atoms with E-state index in [0.717, 1.165) is 0 Å². The number of ether oxygens (including phenoxy) is 1. The van der Waals surface area contributed by atoms with Crippen molar-refractivity contribution >= 4 is 62.4 Å². The largest absolute Gasteiger partial charge is 0.506 e. The van der Waals surface area contributed by atoms with Gasteiger partial charge in [0.25, 0.3) is 11.6 Å². The number of alkyl halides is 2. The predicted molar refractivity (Wildman–Crippen MR) is 95.4 cm³/mol. The first-order valence-electron chi connectivity index (χ1n) is 6.27. The van der Waals surface area contributed by atoms with Crippen molar-refractivity contribution in [2.75, 3.05) is 0 Å². The third-order valence-electron chi connectivity index (χ3n) is 5.03. The van der Waals surface area contributed by atoms with Crippen molar-refractivity contribution in [1.29, 1.82) is 0 Å². The molecule has 11 nitrogen and oxygen atoms in total. The normalized spacial score (nSPS) is 47.0. The van der Waals surface area contributed by atoms with E-state index in [1.165, 1.54) is 0 Å². The molecule has 0 aromatic carbocycles. The Kier molecular flexibility index (Phi) is 3.56. The molecule has 25 heavy (non-hydrogen) atoms. The Morgan fingerprint density at radius 2 is 1.00 bits per heavy atom. The summed E-state index contributed by atoms with van der Waals surface area (Å²) < 4.78 is 5.92. The van der Waals surface area contributed by atoms with Crippen molar-refractivity contribution in [3.63, 3.8) is 0 Å². The number of aliphatic hydroxyl groups excluding tert-OH is 2. The molecular formula is C12H12I2O11. The molecule has 4 aliphatic rings. The van der Waals surface area contributed by atoms with Gasteiger partial charge in [-0.1, -0.05) is 9.03 Å². The van der Waals surface area contributed by atoms with Crippen LogP contribution >= 0.6 is 41.5 Å². The van der Waals surface area contributed by atoms with Gasteiger partial charge in [0, 0.05) is 0 Å². The lowest BCUT2D eigenvalue weighted by molar-refractivity contribution is -0.472. The molecule has 4 atom stereocenters. The highest BCUT2D eigenvalue weighted by atomic mass is 127. The minimum atomic E-state index is -4.19. The van der Waals surface area contributed by atoms with Gasteiger partial charge in [0.1, 0.15) is 0 Å². The third kappa shape index (κ3) is 1.29. The third-order valence-corrected chi connectivity index (χ3v) is 12.4. The van der Waals surface area contributed by atoms with Crippen molar-refractivity contribution in [3.05, 3.63) is 11.5 Å². The van der Waals surface area contributed by atoms with Gasteiger partial charge < -0.3 is 45.6 Å². The van der Waals surface area contributed by atoms with Crippen LogP contribution in [-0.4, -0.2) is 91.4 Å². The molecule has 2 bridgehead atoms. The van der Waals surface area contributed by atoms with Gasteiger partial charge in [-0.3, -0.25) is 0 Å². The van der Waals surface area contributed by atoms with E-state index in [0.29, 0.717) is 0 Å². The summed E-state index contributed by atoms with van der Waals surface area (Å²) in [4.78, 5) is 25.0. The van der Waals surface area contributed by atoms with Crippen LogP contribution in [0.4, 0.5) is 0 Å². The van der Waals surface area contributed by atoms with E-state index in [4.69, 9.17) is 0 Å². The molecule has 0 spiro atoms. The van der Waals surface area contributed by atoms with Crippen LogP contribution in [0.5, 0.6) is 0 Å². The van der Waals surface area contributed by atoms with E-state index in [1.807, 2.05) is 0 Å². The number of hydrogen-bond acceptors (Lipinski definition) is 11. The lowest BCUT2D eigenvalue weighted by Crippen LogP contribution is -2.97. The average molecular weight is 586 g/mol. The number of rotatable bonds is 2. The van der Waals surface area contributed by atoms with Crippen LogP contribution in [0.2, 0.25) is 0 Å². The van der Waals surface area contributed by atoms with E-state index in [1.54, 1.807) is 0 Å². The summed E-state index contributed by atoms with van der Waals surface area (Å²) in [6, 6.07) is 0. The van der Waals surface area contributed by atoms with Gasteiger partial charge in [-0.2, -0.15) is 0 Å². The maximum Gasteiger partial charge on any atom is 0.335 e. The molecule has 3 unspecified atom stereocenters. The van der Waals surface area contributed by atoms with E-state index in [9.17, 15) is 50.4 Å². The lowest BCUT2D eigenvalue weighted by Gasteiger charge is -2.67. The van der Waals surface area contributed by atoms with Crippen molar-refractivity contribution in [3.8, 4) is 0 Å². The molecule has 0 radical (unpaired) electrons. The SMILES string of the molecule is C=IC12C(=O)OC(=O)[C@@]1(I=C)C1(O)C(O)=C(O)C2(O)C(O)(O)C1(O)O. The zero-order valence-electron chi connectivity index (χ0n) is 12.0. The fraction of sp³-hybridized carbons (Fsp3) is 0.500. The standard InChI is InChI=1S/C12H12I2O11/c1-13-7-5(17)25-6(18)8(7,14-2)10(20)4(16)3(15)9(7,19)11(21,22)12(10,23)24/h15-16,19-24H,1-2H2/t7-,8?,9?,10?/m0/s1. The first kappa shape index (κ1) is 19.2. The van der Waals surface area contributed by atoms with Gasteiger partial charge in [-0.25, -0.2) is 9.59 Å². The monoisotopic (exact) mass is 586 g/mol. The topological polar surface area (TPSA) is 205 Å². The average Bonchev–Trinajstić information content (AvgIpc) is 2.77. The van der Waals surface area contributed by atoms with E-state index in [-0.39, 0.29) is 0 Å². The highest BCUT2D eigenvalue weighted by Gasteiger charge is 3.01. The molecule has 13 heteroatoms. The summed E-state index contributed by atoms with van der Waals surface area (Å²) >= 11 is -4.13. The number of aliphatic hydroxyl groups is 8. The minimum Gasteiger partial charge on any atom is -0.506 e. The fourth-order valence-corrected chi connectivity index (χ4v) is 11.2. The number of fused-ring (bicyclic) bond motifs is 1. The molecule has 0 aromatic heterocycles. The second-order valence-electron chi connectivity index (χ2n) is 5.72. The van der Waals surface area contributed by atoms with Gasteiger partial charge in [0.05, 0.1) is 0 Å². The maximum absolute atomic E-state index is 12.5. The van der Waals surface area contributed by atoms with Crippen LogP contribution in [0.1, 0.15) is 0 Å². The van der Waals surface area contributed by atoms with Gasteiger partial charge in [-0.05, 0) is 0 Å².